The van der Waals surface area contributed by atoms with E-state index >= 15 is 0 Å². The van der Waals surface area contributed by atoms with Crippen molar-refractivity contribution in [2.75, 3.05) is 20.8 Å². The summed E-state index contributed by atoms with van der Waals surface area (Å²) in [4.78, 5) is 19.4. The zero-order valence-corrected chi connectivity index (χ0v) is 20.1. The fourth-order valence-corrected chi connectivity index (χ4v) is 5.46. The van der Waals surface area contributed by atoms with Gasteiger partial charge in [0.05, 0.1) is 19.8 Å². The molecule has 2 heterocycles. The molecular formula is C27H24F2N2O3S. The lowest BCUT2D eigenvalue weighted by Gasteiger charge is -2.37. The number of halogens is 2. The second-order valence-electron chi connectivity index (χ2n) is 8.20. The van der Waals surface area contributed by atoms with Crippen molar-refractivity contribution >= 4 is 28.6 Å². The number of aromatic amines is 1. The van der Waals surface area contributed by atoms with Crippen LogP contribution in [0.2, 0.25) is 0 Å². The Morgan fingerprint density at radius 3 is 2.60 bits per heavy atom. The van der Waals surface area contributed by atoms with Crippen LogP contribution < -0.4 is 9.47 Å². The average molecular weight is 495 g/mol. The molecule has 180 valence electrons. The molecule has 5 nitrogen and oxygen atoms in total. The van der Waals surface area contributed by atoms with Gasteiger partial charge in [0.15, 0.2) is 0 Å². The lowest BCUT2D eigenvalue weighted by molar-refractivity contribution is 0.0686. The molecule has 1 aromatic heterocycles. The van der Waals surface area contributed by atoms with E-state index in [-0.39, 0.29) is 16.4 Å². The van der Waals surface area contributed by atoms with Gasteiger partial charge in [-0.05, 0) is 48.4 Å². The third kappa shape index (κ3) is 4.23. The summed E-state index contributed by atoms with van der Waals surface area (Å²) >= 11 is 0.388. The fraction of sp³-hybridized carbons (Fsp3) is 0.222. The number of alkyl halides is 2. The third-order valence-corrected chi connectivity index (χ3v) is 7.15. The van der Waals surface area contributed by atoms with E-state index in [1.54, 1.807) is 43.4 Å². The van der Waals surface area contributed by atoms with Crippen LogP contribution in [0.1, 0.15) is 33.2 Å². The number of H-pyrrole nitrogens is 1. The van der Waals surface area contributed by atoms with Crippen molar-refractivity contribution in [3.8, 4) is 11.5 Å². The molecule has 0 aliphatic carbocycles. The van der Waals surface area contributed by atoms with Crippen LogP contribution in [0.5, 0.6) is 11.5 Å². The topological polar surface area (TPSA) is 54.6 Å². The maximum atomic E-state index is 13.9. The number of thioether (sulfide) groups is 1. The highest BCUT2D eigenvalue weighted by molar-refractivity contribution is 7.99. The second kappa shape index (κ2) is 9.62. The minimum Gasteiger partial charge on any atom is -0.497 e. The summed E-state index contributed by atoms with van der Waals surface area (Å²) in [6.07, 6.45) is 0.615. The maximum Gasteiger partial charge on any atom is 0.288 e. The molecule has 1 N–H and O–H groups in total. The number of hydrogen-bond acceptors (Lipinski definition) is 4. The summed E-state index contributed by atoms with van der Waals surface area (Å²) in [5.41, 5.74) is 4.02. The lowest BCUT2D eigenvalue weighted by atomic mass is 9.91. The molecule has 1 aliphatic rings. The number of para-hydroxylation sites is 1. The largest absolute Gasteiger partial charge is 0.497 e. The van der Waals surface area contributed by atoms with Gasteiger partial charge in [0.25, 0.3) is 11.7 Å². The van der Waals surface area contributed by atoms with Crippen molar-refractivity contribution in [2.24, 2.45) is 0 Å². The number of benzene rings is 3. The van der Waals surface area contributed by atoms with Crippen LogP contribution in [0.4, 0.5) is 8.78 Å². The van der Waals surface area contributed by atoms with Crippen LogP contribution in [0.3, 0.4) is 0 Å². The molecule has 3 aromatic carbocycles. The second-order valence-corrected chi connectivity index (χ2v) is 9.23. The van der Waals surface area contributed by atoms with E-state index in [4.69, 9.17) is 9.47 Å². The first-order valence-corrected chi connectivity index (χ1v) is 12.1. The number of methoxy groups -OCH3 is 2. The van der Waals surface area contributed by atoms with Gasteiger partial charge in [-0.3, -0.25) is 4.79 Å². The van der Waals surface area contributed by atoms with Gasteiger partial charge in [0.2, 0.25) is 0 Å². The molecule has 0 radical (unpaired) electrons. The predicted octanol–water partition coefficient (Wildman–Crippen LogP) is 6.29. The first kappa shape index (κ1) is 23.2. The zero-order valence-electron chi connectivity index (χ0n) is 19.3. The Labute approximate surface area is 206 Å². The van der Waals surface area contributed by atoms with Crippen molar-refractivity contribution in [3.05, 3.63) is 89.1 Å². The van der Waals surface area contributed by atoms with Crippen molar-refractivity contribution in [1.29, 1.82) is 0 Å². The van der Waals surface area contributed by atoms with Gasteiger partial charge in [0.1, 0.15) is 17.5 Å². The number of aromatic nitrogens is 1. The Kier molecular flexibility index (Phi) is 6.38. The van der Waals surface area contributed by atoms with E-state index in [2.05, 4.69) is 4.98 Å². The van der Waals surface area contributed by atoms with E-state index in [1.807, 2.05) is 42.5 Å². The molecule has 0 saturated heterocycles. The number of rotatable bonds is 6. The third-order valence-electron chi connectivity index (χ3n) is 6.36. The summed E-state index contributed by atoms with van der Waals surface area (Å²) in [6.45, 7) is 0.423. The Balaban J connectivity index is 1.67. The van der Waals surface area contributed by atoms with Crippen molar-refractivity contribution in [3.63, 3.8) is 0 Å². The molecule has 1 amide bonds. The van der Waals surface area contributed by atoms with Crippen LogP contribution in [0.25, 0.3) is 10.9 Å². The highest BCUT2D eigenvalue weighted by atomic mass is 32.2. The first-order chi connectivity index (χ1) is 17.0. The minimum absolute atomic E-state index is 0.262. The van der Waals surface area contributed by atoms with Gasteiger partial charge in [-0.1, -0.05) is 42.1 Å². The number of fused-ring (bicyclic) bond motifs is 3. The summed E-state index contributed by atoms with van der Waals surface area (Å²) in [5.74, 6) is -1.52. The number of carbonyl (C=O) groups is 1. The molecule has 0 bridgehead atoms. The smallest absolute Gasteiger partial charge is 0.288 e. The molecule has 0 fully saturated rings. The van der Waals surface area contributed by atoms with Gasteiger partial charge >= 0.3 is 0 Å². The van der Waals surface area contributed by atoms with Crippen LogP contribution in [-0.2, 0) is 6.42 Å². The quantitative estimate of drug-likeness (QED) is 0.320. The van der Waals surface area contributed by atoms with E-state index in [9.17, 15) is 13.6 Å². The van der Waals surface area contributed by atoms with Crippen LogP contribution >= 0.6 is 11.8 Å². The van der Waals surface area contributed by atoms with Gasteiger partial charge < -0.3 is 19.4 Å². The molecule has 0 unspecified atom stereocenters. The Morgan fingerprint density at radius 1 is 1.06 bits per heavy atom. The van der Waals surface area contributed by atoms with E-state index in [1.165, 1.54) is 0 Å². The van der Waals surface area contributed by atoms with Crippen molar-refractivity contribution in [1.82, 2.24) is 9.88 Å². The maximum absolute atomic E-state index is 13.9. The number of ether oxygens (including phenoxy) is 2. The van der Waals surface area contributed by atoms with Crippen molar-refractivity contribution in [2.45, 2.75) is 23.1 Å². The van der Waals surface area contributed by atoms with Gasteiger partial charge in [-0.25, -0.2) is 0 Å². The molecule has 0 saturated carbocycles. The molecule has 5 rings (SSSR count). The SMILES string of the molecule is COc1ccc2[nH]c3c(c2c1)CCN(C(=O)c1ccccc1SC(F)F)[C@@H]3c1ccccc1OC. The number of amides is 1. The predicted molar refractivity (Wildman–Crippen MR) is 133 cm³/mol. The molecular weight excluding hydrogens is 470 g/mol. The number of nitrogens with zero attached hydrogens (tertiary/aromatic N) is 1. The summed E-state index contributed by atoms with van der Waals surface area (Å²) in [6, 6.07) is 19.5. The van der Waals surface area contributed by atoms with Gasteiger partial charge in [0, 0.05) is 33.6 Å². The van der Waals surface area contributed by atoms with Crippen molar-refractivity contribution < 1.29 is 23.0 Å². The van der Waals surface area contributed by atoms with Crippen LogP contribution in [0.15, 0.2) is 71.6 Å². The first-order valence-electron chi connectivity index (χ1n) is 11.2. The van der Waals surface area contributed by atoms with E-state index in [0.29, 0.717) is 30.5 Å². The lowest BCUT2D eigenvalue weighted by Crippen LogP contribution is -2.41. The minimum atomic E-state index is -2.62. The molecule has 35 heavy (non-hydrogen) atoms. The monoisotopic (exact) mass is 494 g/mol. The number of nitrogens with one attached hydrogen (secondary N) is 1. The van der Waals surface area contributed by atoms with Gasteiger partial charge in [-0.2, -0.15) is 8.78 Å². The average Bonchev–Trinajstić information content (AvgIpc) is 3.25. The molecule has 0 spiro atoms. The Bertz CT molecular complexity index is 1390. The molecule has 1 aliphatic heterocycles. The van der Waals surface area contributed by atoms with Crippen LogP contribution in [-0.4, -0.2) is 42.3 Å². The summed E-state index contributed by atoms with van der Waals surface area (Å²) in [7, 11) is 3.23. The normalized spacial score (nSPS) is 15.3. The molecule has 4 aromatic rings. The van der Waals surface area contributed by atoms with E-state index < -0.39 is 11.8 Å². The highest BCUT2D eigenvalue weighted by Gasteiger charge is 2.37. The highest BCUT2D eigenvalue weighted by Crippen LogP contribution is 2.43. The molecule has 1 atom stereocenters. The summed E-state index contributed by atoms with van der Waals surface area (Å²) in [5, 5.41) is 1.04. The standard InChI is InChI=1S/C27H24F2N2O3S/c1-33-16-11-12-21-20(15-16)17-13-14-31(26(32)19-8-4-6-10-23(19)35-27(28)29)25(24(17)30-21)18-7-3-5-9-22(18)34-2/h3-12,15,25,27,30H,13-14H2,1-2H3/t25-/m1/s1. The summed E-state index contributed by atoms with van der Waals surface area (Å²) < 4.78 is 37.5. The Hall–Kier alpha value is -3.52. The fourth-order valence-electron chi connectivity index (χ4n) is 4.83. The van der Waals surface area contributed by atoms with Crippen LogP contribution in [0, 0.1) is 0 Å². The number of carbonyl (C=O) groups excluding carboxylic acids is 1. The van der Waals surface area contributed by atoms with Gasteiger partial charge in [-0.15, -0.1) is 0 Å². The number of hydrogen-bond donors (Lipinski definition) is 1. The zero-order chi connectivity index (χ0) is 24.5. The Morgan fingerprint density at radius 2 is 1.83 bits per heavy atom. The molecule has 8 heteroatoms. The van der Waals surface area contributed by atoms with E-state index in [0.717, 1.165) is 33.5 Å².